The molecule has 0 atom stereocenters. The number of likely N-dealkylation sites (tertiary alicyclic amines) is 1. The highest BCUT2D eigenvalue weighted by Gasteiger charge is 2.20. The van der Waals surface area contributed by atoms with Gasteiger partial charge in [-0.05, 0) is 125 Å². The van der Waals surface area contributed by atoms with Gasteiger partial charge in [0.2, 0.25) is 0 Å². The van der Waals surface area contributed by atoms with Crippen LogP contribution in [0.2, 0.25) is 5.02 Å². The van der Waals surface area contributed by atoms with E-state index in [0.29, 0.717) is 6.61 Å². The summed E-state index contributed by atoms with van der Waals surface area (Å²) in [5.41, 5.74) is 4.98. The number of unbranched alkanes of at least 4 members (excludes halogenated alkanes) is 1. The molecule has 2 aliphatic rings. The normalized spacial score (nSPS) is 17.2. The average molecular weight is 642 g/mol. The monoisotopic (exact) mass is 641 g/mol. The number of halogens is 1. The number of para-hydroxylation sites is 1. The highest BCUT2D eigenvalue weighted by Crippen LogP contribution is 2.26. The second-order valence-electron chi connectivity index (χ2n) is 13.4. The Bertz CT molecular complexity index is 1470. The minimum absolute atomic E-state index is 0.457. The van der Waals surface area contributed by atoms with Gasteiger partial charge in [0.15, 0.2) is 0 Å². The summed E-state index contributed by atoms with van der Waals surface area (Å²) in [5, 5.41) is 0.719. The van der Waals surface area contributed by atoms with Crippen LogP contribution in [0.1, 0.15) is 55.5 Å². The molecule has 0 radical (unpaired) electrons. The molecule has 2 saturated heterocycles. The Labute approximate surface area is 281 Å². The zero-order valence-electron chi connectivity index (χ0n) is 27.8. The minimum Gasteiger partial charge on any atom is -0.486 e. The lowest BCUT2D eigenvalue weighted by atomic mass is 9.92. The Balaban J connectivity index is 0.865. The van der Waals surface area contributed by atoms with Crippen molar-refractivity contribution in [1.82, 2.24) is 24.3 Å². The number of hydrogen-bond donors (Lipinski definition) is 0. The molecule has 0 saturated carbocycles. The van der Waals surface area contributed by atoms with Crippen LogP contribution in [0, 0.1) is 12.8 Å². The van der Waals surface area contributed by atoms with E-state index in [-0.39, 0.29) is 0 Å². The maximum Gasteiger partial charge on any atom is 0.148 e. The first-order valence-corrected chi connectivity index (χ1v) is 18.0. The van der Waals surface area contributed by atoms with Crippen molar-refractivity contribution >= 4 is 22.6 Å². The fraction of sp³-hybridized carbons (Fsp3) is 0.513. The second-order valence-corrected chi connectivity index (χ2v) is 13.9. The number of aromatic nitrogens is 2. The van der Waals surface area contributed by atoms with Crippen molar-refractivity contribution in [3.63, 3.8) is 0 Å². The van der Waals surface area contributed by atoms with Crippen molar-refractivity contribution in [2.45, 2.75) is 65.0 Å². The summed E-state index contributed by atoms with van der Waals surface area (Å²) < 4.78 is 8.50. The van der Waals surface area contributed by atoms with Crippen molar-refractivity contribution in [2.75, 3.05) is 58.9 Å². The van der Waals surface area contributed by atoms with E-state index in [1.165, 1.54) is 120 Å². The lowest BCUT2D eigenvalue weighted by Crippen LogP contribution is -2.47. The van der Waals surface area contributed by atoms with Crippen LogP contribution in [-0.4, -0.2) is 83.2 Å². The van der Waals surface area contributed by atoms with E-state index in [4.69, 9.17) is 21.3 Å². The fourth-order valence-corrected chi connectivity index (χ4v) is 7.38. The van der Waals surface area contributed by atoms with E-state index in [0.717, 1.165) is 34.6 Å². The van der Waals surface area contributed by atoms with Gasteiger partial charge >= 0.3 is 0 Å². The molecule has 0 bridgehead atoms. The molecule has 6 nitrogen and oxygen atoms in total. The SMILES string of the molecule is Cc1cccc2c1nc(COc1ccc(Cl)cc1)n2CCCC1CCN(CCCCN2CCN(CCc3ccccc3)CC2)CC1. The third-order valence-electron chi connectivity index (χ3n) is 10.2. The van der Waals surface area contributed by atoms with Gasteiger partial charge in [0.25, 0.3) is 0 Å². The molecule has 0 amide bonds. The highest BCUT2D eigenvalue weighted by molar-refractivity contribution is 6.30. The first-order chi connectivity index (χ1) is 22.6. The molecular weight excluding hydrogens is 590 g/mol. The lowest BCUT2D eigenvalue weighted by molar-refractivity contribution is 0.128. The zero-order chi connectivity index (χ0) is 31.6. The molecule has 0 unspecified atom stereocenters. The molecule has 3 heterocycles. The number of piperazine rings is 1. The van der Waals surface area contributed by atoms with E-state index in [1.54, 1.807) is 0 Å². The Kier molecular flexibility index (Phi) is 12.0. The number of nitrogens with zero attached hydrogens (tertiary/aromatic N) is 5. The smallest absolute Gasteiger partial charge is 0.148 e. The molecular formula is C39H52ClN5O. The van der Waals surface area contributed by atoms with E-state index in [9.17, 15) is 0 Å². The molecule has 2 fully saturated rings. The number of fused-ring (bicyclic) bond motifs is 1. The van der Waals surface area contributed by atoms with E-state index < -0.39 is 0 Å². The lowest BCUT2D eigenvalue weighted by Gasteiger charge is -2.35. The number of imidazole rings is 1. The number of hydrogen-bond acceptors (Lipinski definition) is 5. The summed E-state index contributed by atoms with van der Waals surface area (Å²) in [6.07, 6.45) is 8.95. The van der Waals surface area contributed by atoms with Gasteiger partial charge in [0, 0.05) is 44.3 Å². The molecule has 1 aromatic heterocycles. The predicted molar refractivity (Wildman–Crippen MR) is 191 cm³/mol. The van der Waals surface area contributed by atoms with Gasteiger partial charge in [-0.3, -0.25) is 0 Å². The molecule has 0 N–H and O–H groups in total. The number of ether oxygens (including phenoxy) is 1. The molecule has 246 valence electrons. The van der Waals surface area contributed by atoms with E-state index in [2.05, 4.69) is 74.7 Å². The molecule has 3 aromatic carbocycles. The largest absolute Gasteiger partial charge is 0.486 e. The summed E-state index contributed by atoms with van der Waals surface area (Å²) in [7, 11) is 0. The average Bonchev–Trinajstić information content (AvgIpc) is 3.45. The Morgan fingerprint density at radius 1 is 0.717 bits per heavy atom. The Morgan fingerprint density at radius 3 is 2.11 bits per heavy atom. The van der Waals surface area contributed by atoms with Crippen molar-refractivity contribution in [3.05, 3.63) is 94.8 Å². The van der Waals surface area contributed by atoms with Crippen LogP contribution in [0.4, 0.5) is 0 Å². The van der Waals surface area contributed by atoms with Crippen LogP contribution in [0.15, 0.2) is 72.8 Å². The number of rotatable bonds is 15. The fourth-order valence-electron chi connectivity index (χ4n) is 7.25. The van der Waals surface area contributed by atoms with Crippen molar-refractivity contribution in [3.8, 4) is 5.75 Å². The van der Waals surface area contributed by atoms with Gasteiger partial charge in [-0.2, -0.15) is 0 Å². The Morgan fingerprint density at radius 2 is 1.39 bits per heavy atom. The first-order valence-electron chi connectivity index (χ1n) is 17.6. The second kappa shape index (κ2) is 16.8. The number of benzene rings is 3. The molecule has 2 aliphatic heterocycles. The zero-order valence-corrected chi connectivity index (χ0v) is 28.5. The van der Waals surface area contributed by atoms with E-state index >= 15 is 0 Å². The standard InChI is InChI=1S/C39H52ClN5O/c1-32-9-7-13-37-39(32)41-38(31-46-36-16-14-35(40)15-17-36)45(37)23-8-12-34-19-24-42(25-20-34)21-5-6-22-43-27-29-44(30-28-43)26-18-33-10-3-2-4-11-33/h2-4,7,9-11,13-17,34H,5-6,8,12,18-31H2,1H3. The third-order valence-corrected chi connectivity index (χ3v) is 10.4. The summed E-state index contributed by atoms with van der Waals surface area (Å²) in [5.74, 6) is 2.65. The molecule has 4 aromatic rings. The summed E-state index contributed by atoms with van der Waals surface area (Å²) in [4.78, 5) is 13.1. The minimum atomic E-state index is 0.457. The van der Waals surface area contributed by atoms with Gasteiger partial charge in [0.1, 0.15) is 18.2 Å². The van der Waals surface area contributed by atoms with Crippen LogP contribution in [0.3, 0.4) is 0 Å². The quantitative estimate of drug-likeness (QED) is 0.124. The Hall–Kier alpha value is -2.90. The van der Waals surface area contributed by atoms with Crippen LogP contribution < -0.4 is 4.74 Å². The van der Waals surface area contributed by atoms with Gasteiger partial charge in [-0.1, -0.05) is 54.1 Å². The molecule has 0 spiro atoms. The molecule has 0 aliphatic carbocycles. The molecule has 7 heteroatoms. The number of aryl methyl sites for hydroxylation is 2. The highest BCUT2D eigenvalue weighted by atomic mass is 35.5. The van der Waals surface area contributed by atoms with Gasteiger partial charge in [-0.25, -0.2) is 4.98 Å². The number of piperidine rings is 1. The van der Waals surface area contributed by atoms with Crippen LogP contribution in [-0.2, 0) is 19.6 Å². The van der Waals surface area contributed by atoms with Crippen molar-refractivity contribution in [2.24, 2.45) is 5.92 Å². The van der Waals surface area contributed by atoms with Crippen LogP contribution >= 0.6 is 11.6 Å². The van der Waals surface area contributed by atoms with E-state index in [1.807, 2.05) is 24.3 Å². The summed E-state index contributed by atoms with van der Waals surface area (Å²) >= 11 is 6.06. The predicted octanol–water partition coefficient (Wildman–Crippen LogP) is 7.71. The van der Waals surface area contributed by atoms with Crippen LogP contribution in [0.25, 0.3) is 11.0 Å². The van der Waals surface area contributed by atoms with Crippen LogP contribution in [0.5, 0.6) is 5.75 Å². The third kappa shape index (κ3) is 9.34. The maximum absolute atomic E-state index is 6.11. The van der Waals surface area contributed by atoms with Gasteiger partial charge in [0.05, 0.1) is 11.0 Å². The molecule has 46 heavy (non-hydrogen) atoms. The summed E-state index contributed by atoms with van der Waals surface area (Å²) in [6.45, 7) is 14.7. The van der Waals surface area contributed by atoms with Crippen molar-refractivity contribution in [1.29, 1.82) is 0 Å². The topological polar surface area (TPSA) is 36.8 Å². The summed E-state index contributed by atoms with van der Waals surface area (Å²) in [6, 6.07) is 25.0. The first kappa shape index (κ1) is 33.0. The van der Waals surface area contributed by atoms with Crippen molar-refractivity contribution < 1.29 is 4.74 Å². The molecule has 6 rings (SSSR count). The van der Waals surface area contributed by atoms with Gasteiger partial charge < -0.3 is 24.0 Å². The maximum atomic E-state index is 6.11. The van der Waals surface area contributed by atoms with Gasteiger partial charge in [-0.15, -0.1) is 0 Å².